The Labute approximate surface area is 174 Å². The van der Waals surface area contributed by atoms with Crippen LogP contribution in [-0.4, -0.2) is 18.1 Å². The average Bonchev–Trinajstić information content (AvgIpc) is 2.71. The predicted molar refractivity (Wildman–Crippen MR) is 123 cm³/mol. The first-order valence-corrected chi connectivity index (χ1v) is 11.6. The number of rotatable bonds is 15. The van der Waals surface area contributed by atoms with Gasteiger partial charge in [-0.2, -0.15) is 0 Å². The van der Waals surface area contributed by atoms with E-state index in [1.807, 2.05) is 0 Å². The highest BCUT2D eigenvalue weighted by molar-refractivity contribution is 5.15. The van der Waals surface area contributed by atoms with E-state index in [4.69, 9.17) is 0 Å². The van der Waals surface area contributed by atoms with E-state index >= 15 is 0 Å². The molecule has 0 atom stereocenters. The smallest absolute Gasteiger partial charge is 0.104 e. The van der Waals surface area contributed by atoms with Crippen molar-refractivity contribution in [1.82, 2.24) is 0 Å². The largest absolute Gasteiger partial charge is 0.319 e. The Balaban J connectivity index is 1.75. The molecule has 1 heteroatoms. The van der Waals surface area contributed by atoms with Crippen LogP contribution < -0.4 is 0 Å². The lowest BCUT2D eigenvalue weighted by atomic mass is 10.1. The second kappa shape index (κ2) is 13.6. The summed E-state index contributed by atoms with van der Waals surface area (Å²) in [5.41, 5.74) is 2.90. The van der Waals surface area contributed by atoms with E-state index in [0.29, 0.717) is 0 Å². The van der Waals surface area contributed by atoms with E-state index < -0.39 is 0 Å². The van der Waals surface area contributed by atoms with Gasteiger partial charge in [-0.3, -0.25) is 0 Å². The second-order valence-corrected chi connectivity index (χ2v) is 8.81. The molecule has 0 heterocycles. The predicted octanol–water partition coefficient (Wildman–Crippen LogP) is 7.75. The van der Waals surface area contributed by atoms with Gasteiger partial charge in [-0.1, -0.05) is 119 Å². The zero-order chi connectivity index (χ0) is 19.9. The fraction of sp³-hybridized carbons (Fsp3) is 0.556. The lowest BCUT2D eigenvalue weighted by Crippen LogP contribution is -2.43. The zero-order valence-electron chi connectivity index (χ0n) is 18.4. The highest BCUT2D eigenvalue weighted by Gasteiger charge is 2.22. The van der Waals surface area contributed by atoms with E-state index in [2.05, 4.69) is 74.6 Å². The van der Waals surface area contributed by atoms with Gasteiger partial charge in [0.15, 0.2) is 0 Å². The molecule has 0 amide bonds. The van der Waals surface area contributed by atoms with Crippen LogP contribution in [0.2, 0.25) is 0 Å². The van der Waals surface area contributed by atoms with Crippen LogP contribution in [-0.2, 0) is 13.1 Å². The highest BCUT2D eigenvalue weighted by atomic mass is 15.3. The van der Waals surface area contributed by atoms with Crippen molar-refractivity contribution < 1.29 is 4.48 Å². The summed E-state index contributed by atoms with van der Waals surface area (Å²) in [6.45, 7) is 5.79. The Kier molecular flexibility index (Phi) is 11.0. The lowest BCUT2D eigenvalue weighted by Gasteiger charge is -2.35. The standard InChI is InChI=1S/C27H42N/c1-3-4-5-6-7-8-9-10-11-18-23-28(2,24-26-19-14-12-15-20-26)25-27-21-16-13-17-22-27/h12-17,19-22H,3-11,18,23-25H2,1-2H3/q+1. The Hall–Kier alpha value is -1.60. The molecule has 0 aromatic heterocycles. The molecule has 0 radical (unpaired) electrons. The molecule has 0 fully saturated rings. The van der Waals surface area contributed by atoms with E-state index in [-0.39, 0.29) is 0 Å². The number of hydrogen-bond acceptors (Lipinski definition) is 0. The maximum absolute atomic E-state index is 2.44. The first-order valence-electron chi connectivity index (χ1n) is 11.6. The number of nitrogens with zero attached hydrogens (tertiary/aromatic N) is 1. The van der Waals surface area contributed by atoms with Crippen LogP contribution in [0.1, 0.15) is 82.3 Å². The van der Waals surface area contributed by atoms with Crippen LogP contribution >= 0.6 is 0 Å². The van der Waals surface area contributed by atoms with Crippen molar-refractivity contribution in [2.75, 3.05) is 13.6 Å². The van der Waals surface area contributed by atoms with Gasteiger partial charge in [0.1, 0.15) is 13.1 Å². The number of benzene rings is 2. The minimum Gasteiger partial charge on any atom is -0.319 e. The van der Waals surface area contributed by atoms with Crippen LogP contribution in [0, 0.1) is 0 Å². The SMILES string of the molecule is CCCCCCCCCCCC[N+](C)(Cc1ccccc1)Cc1ccccc1. The number of unbranched alkanes of at least 4 members (excludes halogenated alkanes) is 9. The molecule has 2 rings (SSSR count). The molecule has 0 unspecified atom stereocenters. The second-order valence-electron chi connectivity index (χ2n) is 8.81. The Morgan fingerprint density at radius 3 is 1.36 bits per heavy atom. The number of hydrogen-bond donors (Lipinski definition) is 0. The molecule has 0 N–H and O–H groups in total. The quantitative estimate of drug-likeness (QED) is 0.219. The minimum atomic E-state index is 1.10. The molecule has 154 valence electrons. The summed E-state index contributed by atoms with van der Waals surface area (Å²) in [7, 11) is 2.44. The Morgan fingerprint density at radius 1 is 0.536 bits per heavy atom. The monoisotopic (exact) mass is 380 g/mol. The summed E-state index contributed by atoms with van der Waals surface area (Å²) in [4.78, 5) is 0. The molecule has 0 aliphatic carbocycles. The zero-order valence-corrected chi connectivity index (χ0v) is 18.4. The Morgan fingerprint density at radius 2 is 0.929 bits per heavy atom. The Bertz CT molecular complexity index is 563. The molecule has 2 aromatic carbocycles. The first kappa shape index (κ1) is 22.7. The minimum absolute atomic E-state index is 1.10. The number of quaternary nitrogens is 1. The fourth-order valence-corrected chi connectivity index (χ4v) is 4.24. The van der Waals surface area contributed by atoms with Crippen molar-refractivity contribution in [2.45, 2.75) is 84.2 Å². The van der Waals surface area contributed by atoms with Crippen LogP contribution in [0.25, 0.3) is 0 Å². The average molecular weight is 381 g/mol. The summed E-state index contributed by atoms with van der Waals surface area (Å²) in [6.07, 6.45) is 14.1. The molecule has 0 aliphatic rings. The maximum atomic E-state index is 2.44. The molecule has 0 aliphatic heterocycles. The van der Waals surface area contributed by atoms with E-state index in [1.165, 1.54) is 81.9 Å². The molecule has 0 spiro atoms. The van der Waals surface area contributed by atoms with E-state index in [1.54, 1.807) is 0 Å². The third-order valence-corrected chi connectivity index (χ3v) is 5.87. The summed E-state index contributed by atoms with van der Waals surface area (Å²) in [6, 6.07) is 22.0. The third-order valence-electron chi connectivity index (χ3n) is 5.87. The van der Waals surface area contributed by atoms with Gasteiger partial charge < -0.3 is 4.48 Å². The van der Waals surface area contributed by atoms with Crippen molar-refractivity contribution in [3.05, 3.63) is 71.8 Å². The molecule has 0 bridgehead atoms. The van der Waals surface area contributed by atoms with Gasteiger partial charge in [-0.05, 0) is 12.8 Å². The normalized spacial score (nSPS) is 11.6. The molecule has 2 aromatic rings. The lowest BCUT2D eigenvalue weighted by molar-refractivity contribution is -0.935. The van der Waals surface area contributed by atoms with E-state index in [0.717, 1.165) is 17.6 Å². The van der Waals surface area contributed by atoms with E-state index in [9.17, 15) is 0 Å². The van der Waals surface area contributed by atoms with Gasteiger partial charge in [-0.25, -0.2) is 0 Å². The molecular formula is C27H42N+. The third kappa shape index (κ3) is 9.55. The van der Waals surface area contributed by atoms with Crippen molar-refractivity contribution in [1.29, 1.82) is 0 Å². The van der Waals surface area contributed by atoms with Gasteiger partial charge in [0.25, 0.3) is 0 Å². The highest BCUT2D eigenvalue weighted by Crippen LogP contribution is 2.19. The summed E-state index contributed by atoms with van der Waals surface area (Å²) < 4.78 is 1.10. The van der Waals surface area contributed by atoms with Gasteiger partial charge in [0.05, 0.1) is 13.6 Å². The summed E-state index contributed by atoms with van der Waals surface area (Å²) in [5, 5.41) is 0. The van der Waals surface area contributed by atoms with Crippen molar-refractivity contribution in [3.8, 4) is 0 Å². The molecule has 28 heavy (non-hydrogen) atoms. The van der Waals surface area contributed by atoms with Crippen LogP contribution in [0.3, 0.4) is 0 Å². The molecule has 1 nitrogen and oxygen atoms in total. The van der Waals surface area contributed by atoms with Crippen LogP contribution in [0.15, 0.2) is 60.7 Å². The van der Waals surface area contributed by atoms with Crippen LogP contribution in [0.4, 0.5) is 0 Å². The van der Waals surface area contributed by atoms with Gasteiger partial charge in [0, 0.05) is 11.1 Å². The van der Waals surface area contributed by atoms with Gasteiger partial charge in [-0.15, -0.1) is 0 Å². The first-order chi connectivity index (χ1) is 13.7. The van der Waals surface area contributed by atoms with Gasteiger partial charge in [0.2, 0.25) is 0 Å². The fourth-order valence-electron chi connectivity index (χ4n) is 4.24. The summed E-state index contributed by atoms with van der Waals surface area (Å²) >= 11 is 0. The van der Waals surface area contributed by atoms with Crippen LogP contribution in [0.5, 0.6) is 0 Å². The van der Waals surface area contributed by atoms with Crippen molar-refractivity contribution >= 4 is 0 Å². The van der Waals surface area contributed by atoms with Crippen molar-refractivity contribution in [3.63, 3.8) is 0 Å². The topological polar surface area (TPSA) is 0 Å². The van der Waals surface area contributed by atoms with Gasteiger partial charge >= 0.3 is 0 Å². The maximum Gasteiger partial charge on any atom is 0.104 e. The molecular weight excluding hydrogens is 338 g/mol. The molecule has 0 saturated heterocycles. The van der Waals surface area contributed by atoms with Crippen molar-refractivity contribution in [2.24, 2.45) is 0 Å². The summed E-state index contributed by atoms with van der Waals surface area (Å²) in [5.74, 6) is 0. The molecule has 0 saturated carbocycles.